The van der Waals surface area contributed by atoms with E-state index in [2.05, 4.69) is 56.1 Å². The Balaban J connectivity index is 3.03. The van der Waals surface area contributed by atoms with Gasteiger partial charge in [-0.15, -0.1) is 5.10 Å². The highest BCUT2D eigenvalue weighted by Crippen LogP contribution is 2.32. The minimum atomic E-state index is 0.0317. The van der Waals surface area contributed by atoms with Gasteiger partial charge in [0, 0.05) is 5.41 Å². The van der Waals surface area contributed by atoms with E-state index in [9.17, 15) is 0 Å². The molecule has 0 amide bonds. The fourth-order valence-corrected chi connectivity index (χ4v) is 2.72. The molecule has 0 saturated carbocycles. The first-order valence-corrected chi connectivity index (χ1v) is 6.86. The monoisotopic (exact) mass is 253 g/mol. The van der Waals surface area contributed by atoms with Gasteiger partial charge in [-0.25, -0.2) is 0 Å². The van der Waals surface area contributed by atoms with Crippen LogP contribution in [0.3, 0.4) is 0 Å². The lowest BCUT2D eigenvalue weighted by Crippen LogP contribution is -2.25. The van der Waals surface area contributed by atoms with Gasteiger partial charge >= 0.3 is 0 Å². The fraction of sp³-hybridized carbons (Fsp3) is 0.692. The lowest BCUT2D eigenvalue weighted by atomic mass is 9.89. The van der Waals surface area contributed by atoms with Gasteiger partial charge in [0.25, 0.3) is 0 Å². The highest BCUT2D eigenvalue weighted by atomic mass is 32.1. The summed E-state index contributed by atoms with van der Waals surface area (Å²) in [5.41, 5.74) is 2.23. The second kappa shape index (κ2) is 5.74. The molecule has 0 spiro atoms. The van der Waals surface area contributed by atoms with Crippen molar-refractivity contribution >= 4 is 11.5 Å². The molecule has 0 aromatic carbocycles. The average Bonchev–Trinajstić information content (AvgIpc) is 2.66. The first-order chi connectivity index (χ1) is 7.88. The van der Waals surface area contributed by atoms with Crippen LogP contribution >= 0.6 is 11.5 Å². The number of nitrogens with one attached hydrogen (secondary N) is 1. The number of nitrogens with zero attached hydrogens (tertiary/aromatic N) is 2. The summed E-state index contributed by atoms with van der Waals surface area (Å²) in [6.07, 6.45) is 1.11. The van der Waals surface area contributed by atoms with Crippen LogP contribution in [0.25, 0.3) is 0 Å². The maximum atomic E-state index is 4.29. The van der Waals surface area contributed by atoms with Crippen LogP contribution in [0, 0.1) is 0 Å². The molecule has 1 unspecified atom stereocenters. The van der Waals surface area contributed by atoms with E-state index >= 15 is 0 Å². The van der Waals surface area contributed by atoms with Crippen LogP contribution < -0.4 is 5.32 Å². The lowest BCUT2D eigenvalue weighted by Gasteiger charge is -2.22. The maximum absolute atomic E-state index is 4.29. The van der Waals surface area contributed by atoms with Gasteiger partial charge in [0.15, 0.2) is 0 Å². The third kappa shape index (κ3) is 3.61. The molecular weight excluding hydrogens is 230 g/mol. The summed E-state index contributed by atoms with van der Waals surface area (Å²) in [4.78, 5) is 1.21. The standard InChI is InChI=1S/C13H23N3S/c1-7-8-14-10(9(2)3)11-12(13(4,5)6)15-16-17-11/h10,14H,2,7-8H2,1,3-6H3. The Morgan fingerprint density at radius 3 is 2.59 bits per heavy atom. The van der Waals surface area contributed by atoms with Crippen molar-refractivity contribution in [3.8, 4) is 0 Å². The molecule has 0 fully saturated rings. The Bertz CT molecular complexity index is 376. The Hall–Kier alpha value is -0.740. The van der Waals surface area contributed by atoms with Crippen molar-refractivity contribution in [3.63, 3.8) is 0 Å². The highest BCUT2D eigenvalue weighted by Gasteiger charge is 2.27. The molecule has 0 saturated heterocycles. The Labute approximate surface area is 108 Å². The summed E-state index contributed by atoms with van der Waals surface area (Å²) in [5, 5.41) is 7.80. The number of rotatable bonds is 5. The second-order valence-corrected chi connectivity index (χ2v) is 6.25. The molecule has 3 nitrogen and oxygen atoms in total. The zero-order valence-corrected chi connectivity index (χ0v) is 12.3. The third-order valence-electron chi connectivity index (χ3n) is 2.58. The maximum Gasteiger partial charge on any atom is 0.0860 e. The van der Waals surface area contributed by atoms with Crippen LogP contribution in [-0.2, 0) is 5.41 Å². The predicted octanol–water partition coefficient (Wildman–Crippen LogP) is 3.45. The predicted molar refractivity (Wildman–Crippen MR) is 74.5 cm³/mol. The summed E-state index contributed by atoms with van der Waals surface area (Å²) < 4.78 is 4.11. The summed E-state index contributed by atoms with van der Waals surface area (Å²) in [6, 6.07) is 0.184. The third-order valence-corrected chi connectivity index (χ3v) is 3.37. The molecule has 0 aliphatic heterocycles. The minimum absolute atomic E-state index is 0.0317. The first-order valence-electron chi connectivity index (χ1n) is 6.09. The van der Waals surface area contributed by atoms with Crippen molar-refractivity contribution in [2.75, 3.05) is 6.54 Å². The Morgan fingerprint density at radius 1 is 1.47 bits per heavy atom. The molecule has 0 aliphatic carbocycles. The van der Waals surface area contributed by atoms with Gasteiger partial charge in [-0.3, -0.25) is 0 Å². The van der Waals surface area contributed by atoms with Crippen LogP contribution in [0.5, 0.6) is 0 Å². The van der Waals surface area contributed by atoms with E-state index in [-0.39, 0.29) is 11.5 Å². The molecule has 1 aromatic heterocycles. The Morgan fingerprint density at radius 2 is 2.12 bits per heavy atom. The Kier molecular flexibility index (Phi) is 4.83. The molecule has 17 heavy (non-hydrogen) atoms. The zero-order valence-electron chi connectivity index (χ0n) is 11.5. The summed E-state index contributed by atoms with van der Waals surface area (Å²) in [6.45, 7) is 15.8. The van der Waals surface area contributed by atoms with Crippen LogP contribution in [-0.4, -0.2) is 16.1 Å². The van der Waals surface area contributed by atoms with Gasteiger partial charge in [-0.2, -0.15) is 0 Å². The van der Waals surface area contributed by atoms with Gasteiger partial charge < -0.3 is 5.32 Å². The minimum Gasteiger partial charge on any atom is -0.306 e. The van der Waals surface area contributed by atoms with Crippen LogP contribution in [0.2, 0.25) is 0 Å². The van der Waals surface area contributed by atoms with Crippen molar-refractivity contribution < 1.29 is 0 Å². The highest BCUT2D eigenvalue weighted by molar-refractivity contribution is 7.05. The topological polar surface area (TPSA) is 37.8 Å². The lowest BCUT2D eigenvalue weighted by molar-refractivity contribution is 0.535. The van der Waals surface area contributed by atoms with Gasteiger partial charge in [-0.05, 0) is 31.4 Å². The van der Waals surface area contributed by atoms with Crippen molar-refractivity contribution in [1.29, 1.82) is 0 Å². The van der Waals surface area contributed by atoms with Crippen LogP contribution in [0.1, 0.15) is 57.7 Å². The van der Waals surface area contributed by atoms with E-state index in [0.717, 1.165) is 24.2 Å². The molecule has 4 heteroatoms. The molecule has 0 aliphatic rings. The van der Waals surface area contributed by atoms with E-state index in [1.807, 2.05) is 0 Å². The number of aromatic nitrogens is 2. The number of hydrogen-bond acceptors (Lipinski definition) is 4. The largest absolute Gasteiger partial charge is 0.306 e. The van der Waals surface area contributed by atoms with Gasteiger partial charge in [0.1, 0.15) is 0 Å². The second-order valence-electron chi connectivity index (χ2n) is 5.47. The molecule has 1 N–H and O–H groups in total. The summed E-state index contributed by atoms with van der Waals surface area (Å²) >= 11 is 1.48. The van der Waals surface area contributed by atoms with Gasteiger partial charge in [0.2, 0.25) is 0 Å². The molecule has 0 radical (unpaired) electrons. The van der Waals surface area contributed by atoms with Crippen LogP contribution in [0.15, 0.2) is 12.2 Å². The van der Waals surface area contributed by atoms with Crippen LogP contribution in [0.4, 0.5) is 0 Å². The smallest absolute Gasteiger partial charge is 0.0860 e. The molecular formula is C13H23N3S. The van der Waals surface area contributed by atoms with Crippen molar-refractivity contribution in [1.82, 2.24) is 14.9 Å². The quantitative estimate of drug-likeness (QED) is 0.817. The number of hydrogen-bond donors (Lipinski definition) is 1. The molecule has 1 aromatic rings. The van der Waals surface area contributed by atoms with Crippen molar-refractivity contribution in [3.05, 3.63) is 22.7 Å². The first kappa shape index (κ1) is 14.3. The van der Waals surface area contributed by atoms with E-state index in [4.69, 9.17) is 0 Å². The normalized spacial score (nSPS) is 13.7. The van der Waals surface area contributed by atoms with Gasteiger partial charge in [-0.1, -0.05) is 44.3 Å². The SMILES string of the molecule is C=C(C)C(NCCC)c1snnc1C(C)(C)C. The molecule has 1 heterocycles. The molecule has 1 atom stereocenters. The molecule has 96 valence electrons. The van der Waals surface area contributed by atoms with E-state index in [0.29, 0.717) is 0 Å². The van der Waals surface area contributed by atoms with E-state index in [1.54, 1.807) is 0 Å². The van der Waals surface area contributed by atoms with E-state index in [1.165, 1.54) is 16.4 Å². The molecule has 1 rings (SSSR count). The summed E-state index contributed by atoms with van der Waals surface area (Å²) in [5.74, 6) is 0. The van der Waals surface area contributed by atoms with Crippen molar-refractivity contribution in [2.45, 2.75) is 52.5 Å². The summed E-state index contributed by atoms with van der Waals surface area (Å²) in [7, 11) is 0. The van der Waals surface area contributed by atoms with E-state index < -0.39 is 0 Å². The zero-order chi connectivity index (χ0) is 13.1. The molecule has 0 bridgehead atoms. The van der Waals surface area contributed by atoms with Crippen molar-refractivity contribution in [2.24, 2.45) is 0 Å². The fourth-order valence-electron chi connectivity index (χ4n) is 1.69. The van der Waals surface area contributed by atoms with Gasteiger partial charge in [0.05, 0.1) is 16.6 Å². The average molecular weight is 253 g/mol.